The van der Waals surface area contributed by atoms with Gasteiger partial charge in [0.25, 0.3) is 0 Å². The summed E-state index contributed by atoms with van der Waals surface area (Å²) in [6, 6.07) is 12.9. The van der Waals surface area contributed by atoms with Crippen LogP contribution in [0.25, 0.3) is 0 Å². The molecule has 0 aliphatic heterocycles. The van der Waals surface area contributed by atoms with Crippen LogP contribution in [0.3, 0.4) is 0 Å². The number of unbranched alkanes of at least 4 members (excludes halogenated alkanes) is 10. The Morgan fingerprint density at radius 2 is 1.15 bits per heavy atom. The Hall–Kier alpha value is -2.78. The van der Waals surface area contributed by atoms with Crippen LogP contribution in [0.4, 0.5) is 0 Å². The number of aromatic nitrogens is 3. The highest BCUT2D eigenvalue weighted by Gasteiger charge is 2.03. The molecule has 3 nitrogen and oxygen atoms in total. The quantitative estimate of drug-likeness (QED) is 0.0912. The van der Waals surface area contributed by atoms with E-state index >= 15 is 0 Å². The van der Waals surface area contributed by atoms with E-state index in [1.165, 1.54) is 100 Å². The predicted molar refractivity (Wildman–Crippen MR) is 165 cm³/mol. The van der Waals surface area contributed by atoms with Crippen molar-refractivity contribution in [3.63, 3.8) is 0 Å². The minimum absolute atomic E-state index is 0. The fourth-order valence-electron chi connectivity index (χ4n) is 4.96. The maximum atomic E-state index is 4.18. The fourth-order valence-corrected chi connectivity index (χ4v) is 4.96. The molecule has 40 heavy (non-hydrogen) atoms. The molecular formula is C36H50ClN3. The summed E-state index contributed by atoms with van der Waals surface area (Å²) < 4.78 is 2.40. The highest BCUT2D eigenvalue weighted by Crippen LogP contribution is 2.10. The van der Waals surface area contributed by atoms with Crippen LogP contribution in [0, 0.1) is 0 Å². The zero-order valence-electron chi connectivity index (χ0n) is 24.5. The van der Waals surface area contributed by atoms with Gasteiger partial charge in [0.05, 0.1) is 0 Å². The second-order valence-electron chi connectivity index (χ2n) is 10.7. The lowest BCUT2D eigenvalue weighted by Crippen LogP contribution is -3.00. The molecule has 0 saturated carbocycles. The van der Waals surface area contributed by atoms with Gasteiger partial charge < -0.3 is 12.4 Å². The second kappa shape index (κ2) is 23.0. The van der Waals surface area contributed by atoms with Gasteiger partial charge in [-0.2, -0.15) is 0 Å². The third-order valence-corrected chi connectivity index (χ3v) is 7.27. The lowest BCUT2D eigenvalue weighted by molar-refractivity contribution is -0.697. The van der Waals surface area contributed by atoms with Crippen molar-refractivity contribution in [2.24, 2.45) is 0 Å². The van der Waals surface area contributed by atoms with Gasteiger partial charge in [-0.05, 0) is 93.5 Å². The smallest absolute Gasteiger partial charge is 0.171 e. The van der Waals surface area contributed by atoms with E-state index < -0.39 is 0 Å². The van der Waals surface area contributed by atoms with Crippen LogP contribution in [-0.2, 0) is 25.8 Å². The van der Waals surface area contributed by atoms with Crippen molar-refractivity contribution in [2.45, 2.75) is 109 Å². The molecule has 0 fully saturated rings. The molecule has 0 amide bonds. The zero-order valence-corrected chi connectivity index (χ0v) is 25.2. The summed E-state index contributed by atoms with van der Waals surface area (Å²) >= 11 is 0. The average Bonchev–Trinajstić information content (AvgIpc) is 2.98. The Bertz CT molecular complexity index is 1050. The van der Waals surface area contributed by atoms with Gasteiger partial charge in [-0.3, -0.25) is 9.97 Å². The third kappa shape index (κ3) is 16.4. The normalized spacial score (nSPS) is 11.3. The molecule has 216 valence electrons. The van der Waals surface area contributed by atoms with Crippen LogP contribution in [-0.4, -0.2) is 9.97 Å². The van der Waals surface area contributed by atoms with Gasteiger partial charge in [0.15, 0.2) is 12.4 Å². The van der Waals surface area contributed by atoms with Crippen molar-refractivity contribution in [3.8, 4) is 0 Å². The molecule has 4 heteroatoms. The molecule has 0 aliphatic carbocycles. The molecule has 0 spiro atoms. The van der Waals surface area contributed by atoms with Crippen molar-refractivity contribution in [1.82, 2.24) is 9.97 Å². The number of rotatable bonds is 21. The lowest BCUT2D eigenvalue weighted by Gasteiger charge is -2.03. The average molecular weight is 560 g/mol. The number of halogens is 1. The molecule has 0 aromatic carbocycles. The third-order valence-electron chi connectivity index (χ3n) is 7.27. The van der Waals surface area contributed by atoms with Crippen LogP contribution in [0.15, 0.2) is 97.9 Å². The Morgan fingerprint density at radius 3 is 1.88 bits per heavy atom. The molecule has 3 rings (SSSR count). The summed E-state index contributed by atoms with van der Waals surface area (Å²) in [6.45, 7) is 1.15. The van der Waals surface area contributed by atoms with E-state index in [9.17, 15) is 0 Å². The van der Waals surface area contributed by atoms with Gasteiger partial charge in [0.1, 0.15) is 6.54 Å². The molecule has 0 bridgehead atoms. The minimum atomic E-state index is 0. The molecule has 0 N–H and O–H groups in total. The molecular weight excluding hydrogens is 510 g/mol. The molecule has 0 saturated heterocycles. The van der Waals surface area contributed by atoms with Gasteiger partial charge in [0.2, 0.25) is 0 Å². The summed E-state index contributed by atoms with van der Waals surface area (Å²) in [5.74, 6) is 0. The maximum Gasteiger partial charge on any atom is 0.171 e. The van der Waals surface area contributed by atoms with Crippen LogP contribution < -0.4 is 17.0 Å². The number of hydrogen-bond donors (Lipinski definition) is 0. The van der Waals surface area contributed by atoms with Crippen LogP contribution in [0.1, 0.15) is 100 Å². The summed E-state index contributed by atoms with van der Waals surface area (Å²) in [5.41, 5.74) is 4.11. The summed E-state index contributed by atoms with van der Waals surface area (Å²) in [4.78, 5) is 8.35. The van der Waals surface area contributed by atoms with Gasteiger partial charge in [-0.15, -0.1) is 0 Å². The van der Waals surface area contributed by atoms with Crippen molar-refractivity contribution in [3.05, 3.63) is 115 Å². The Morgan fingerprint density at radius 1 is 0.550 bits per heavy atom. The number of hydrogen-bond acceptors (Lipinski definition) is 2. The topological polar surface area (TPSA) is 29.7 Å². The summed E-state index contributed by atoms with van der Waals surface area (Å²) in [6.07, 6.45) is 41.6. The lowest BCUT2D eigenvalue weighted by atomic mass is 10.1. The predicted octanol–water partition coefficient (Wildman–Crippen LogP) is 5.98. The summed E-state index contributed by atoms with van der Waals surface area (Å²) in [7, 11) is 0. The van der Waals surface area contributed by atoms with Crippen molar-refractivity contribution in [2.75, 3.05) is 0 Å². The van der Waals surface area contributed by atoms with Crippen LogP contribution in [0.5, 0.6) is 0 Å². The van der Waals surface area contributed by atoms with E-state index in [1.54, 1.807) is 0 Å². The Balaban J connectivity index is 0.00000560. The van der Waals surface area contributed by atoms with E-state index in [0.717, 1.165) is 25.8 Å². The van der Waals surface area contributed by atoms with Gasteiger partial charge in [-0.1, -0.05) is 68.5 Å². The highest BCUT2D eigenvalue weighted by atomic mass is 35.5. The first-order valence-corrected chi connectivity index (χ1v) is 15.5. The fraction of sp³-hybridized carbons (Fsp3) is 0.472. The highest BCUT2D eigenvalue weighted by molar-refractivity contribution is 5.12. The second-order valence-corrected chi connectivity index (χ2v) is 10.7. The SMILES string of the molecule is C(=C/Cc1cccnc1)/CCCCCCCC[n+]1cccc(CCCCCC/C=C\CCc2cccnc2)c1.[Cl-]. The Labute approximate surface area is 250 Å². The standard InChI is InChI=1S/C36H50N3.ClH/c1(2-6-10-14-21-34-24-18-27-37-31-34)5-9-13-17-29-39-30-20-26-36(33-39)23-16-12-8-4-3-7-11-15-22-35-25-19-28-38-32-35;/h7,10-11,14,18-20,24-28,30-33H,1-6,8-9,12-13,15-17,21-23,29H2;1H/q+1;/p-1/b11-7-,14-10-;. The van der Waals surface area contributed by atoms with Crippen molar-refractivity contribution in [1.29, 1.82) is 0 Å². The summed E-state index contributed by atoms with van der Waals surface area (Å²) in [5, 5.41) is 0. The minimum Gasteiger partial charge on any atom is -1.00 e. The van der Waals surface area contributed by atoms with E-state index in [-0.39, 0.29) is 12.4 Å². The number of pyridine rings is 3. The molecule has 0 unspecified atom stereocenters. The van der Waals surface area contributed by atoms with Crippen molar-refractivity contribution < 1.29 is 17.0 Å². The molecule has 3 heterocycles. The van der Waals surface area contributed by atoms with E-state index in [2.05, 4.69) is 75.5 Å². The first kappa shape index (κ1) is 33.4. The van der Waals surface area contributed by atoms with Gasteiger partial charge in [0, 0.05) is 42.8 Å². The largest absolute Gasteiger partial charge is 1.00 e. The zero-order chi connectivity index (χ0) is 27.1. The Kier molecular flexibility index (Phi) is 19.2. The van der Waals surface area contributed by atoms with E-state index in [0.29, 0.717) is 0 Å². The molecule has 3 aromatic heterocycles. The van der Waals surface area contributed by atoms with E-state index in [4.69, 9.17) is 0 Å². The van der Waals surface area contributed by atoms with Crippen LogP contribution in [0.2, 0.25) is 0 Å². The maximum absolute atomic E-state index is 4.18. The first-order valence-electron chi connectivity index (χ1n) is 15.5. The molecule has 0 atom stereocenters. The first-order chi connectivity index (χ1) is 19.4. The molecule has 3 aromatic rings. The van der Waals surface area contributed by atoms with Gasteiger partial charge >= 0.3 is 0 Å². The van der Waals surface area contributed by atoms with Crippen molar-refractivity contribution >= 4 is 0 Å². The van der Waals surface area contributed by atoms with Gasteiger partial charge in [-0.25, -0.2) is 4.57 Å². The number of aryl methyl sites for hydroxylation is 3. The van der Waals surface area contributed by atoms with Crippen LogP contribution >= 0.6 is 0 Å². The number of nitrogens with zero attached hydrogens (tertiary/aromatic N) is 3. The molecule has 0 radical (unpaired) electrons. The molecule has 0 aliphatic rings. The van der Waals surface area contributed by atoms with E-state index in [1.807, 2.05) is 36.9 Å². The number of allylic oxidation sites excluding steroid dienone is 4. The monoisotopic (exact) mass is 559 g/mol.